The largest absolute Gasteiger partial charge is 0.492 e. The second-order valence-corrected chi connectivity index (χ2v) is 4.94. The van der Waals surface area contributed by atoms with Crippen LogP contribution in [0.25, 0.3) is 0 Å². The molecule has 0 saturated heterocycles. The Hall–Kier alpha value is -1.58. The van der Waals surface area contributed by atoms with E-state index in [1.54, 1.807) is 6.07 Å². The van der Waals surface area contributed by atoms with Crippen LogP contribution in [-0.2, 0) is 0 Å². The molecular weight excluding hydrogens is 230 g/mol. The predicted octanol–water partition coefficient (Wildman–Crippen LogP) is 3.05. The van der Waals surface area contributed by atoms with Gasteiger partial charge in [0.1, 0.15) is 11.3 Å². The molecule has 0 atom stereocenters. The van der Waals surface area contributed by atoms with E-state index in [4.69, 9.17) is 9.84 Å². The van der Waals surface area contributed by atoms with Crippen LogP contribution in [0.1, 0.15) is 48.2 Å². The van der Waals surface area contributed by atoms with Crippen LogP contribution in [-0.4, -0.2) is 22.7 Å². The summed E-state index contributed by atoms with van der Waals surface area (Å²) in [6, 6.07) is 1.70. The van der Waals surface area contributed by atoms with Crippen molar-refractivity contribution < 1.29 is 14.6 Å². The fourth-order valence-corrected chi connectivity index (χ4v) is 2.38. The molecule has 1 aliphatic carbocycles. The summed E-state index contributed by atoms with van der Waals surface area (Å²) in [5.74, 6) is 0.0237. The molecule has 0 unspecified atom stereocenters. The average molecular weight is 249 g/mol. The molecule has 1 aromatic heterocycles. The first-order valence-electron chi connectivity index (χ1n) is 6.49. The summed E-state index contributed by atoms with van der Waals surface area (Å²) in [5.41, 5.74) is 0.926. The minimum absolute atomic E-state index is 0.149. The van der Waals surface area contributed by atoms with E-state index in [0.717, 1.165) is 5.69 Å². The molecule has 0 spiro atoms. The van der Waals surface area contributed by atoms with Crippen molar-refractivity contribution in [1.29, 1.82) is 0 Å². The predicted molar refractivity (Wildman–Crippen MR) is 68.0 cm³/mol. The first kappa shape index (κ1) is 12.9. The van der Waals surface area contributed by atoms with E-state index in [0.29, 0.717) is 18.3 Å². The maximum atomic E-state index is 11.1. The Morgan fingerprint density at radius 2 is 2.17 bits per heavy atom. The van der Waals surface area contributed by atoms with Gasteiger partial charge in [-0.25, -0.2) is 4.79 Å². The van der Waals surface area contributed by atoms with Crippen molar-refractivity contribution in [3.8, 4) is 5.75 Å². The van der Waals surface area contributed by atoms with E-state index in [1.807, 2.05) is 6.92 Å². The molecule has 1 aliphatic rings. The van der Waals surface area contributed by atoms with Crippen LogP contribution in [0, 0.1) is 12.8 Å². The summed E-state index contributed by atoms with van der Waals surface area (Å²) < 4.78 is 5.70. The van der Waals surface area contributed by atoms with Gasteiger partial charge in [0.15, 0.2) is 0 Å². The van der Waals surface area contributed by atoms with Crippen molar-refractivity contribution in [3.05, 3.63) is 23.5 Å². The summed E-state index contributed by atoms with van der Waals surface area (Å²) >= 11 is 0. The molecule has 1 saturated carbocycles. The molecular formula is C14H19NO3. The highest BCUT2D eigenvalue weighted by Gasteiger charge is 2.17. The van der Waals surface area contributed by atoms with Crippen LogP contribution < -0.4 is 4.74 Å². The molecule has 4 nitrogen and oxygen atoms in total. The smallest absolute Gasteiger partial charge is 0.341 e. The van der Waals surface area contributed by atoms with Gasteiger partial charge in [0.05, 0.1) is 6.61 Å². The van der Waals surface area contributed by atoms with E-state index < -0.39 is 5.97 Å². The van der Waals surface area contributed by atoms with Crippen molar-refractivity contribution in [2.24, 2.45) is 5.92 Å². The third-order valence-corrected chi connectivity index (χ3v) is 3.43. The van der Waals surface area contributed by atoms with Crippen LogP contribution in [0.3, 0.4) is 0 Å². The number of carboxylic acid groups (broad SMARTS) is 1. The first-order valence-corrected chi connectivity index (χ1v) is 6.49. The third-order valence-electron chi connectivity index (χ3n) is 3.43. The molecule has 0 aromatic carbocycles. The minimum Gasteiger partial charge on any atom is -0.492 e. The van der Waals surface area contributed by atoms with Crippen LogP contribution in [0.5, 0.6) is 5.75 Å². The van der Waals surface area contributed by atoms with Gasteiger partial charge in [-0.05, 0) is 25.7 Å². The standard InChI is InChI=1S/C14H19NO3/c1-10-7-13(12(8-15-10)14(16)17)18-9-11-5-3-2-4-6-11/h7-8,11H,2-6,9H2,1H3,(H,16,17). The Labute approximate surface area is 107 Å². The van der Waals surface area contributed by atoms with Crippen molar-refractivity contribution in [2.45, 2.75) is 39.0 Å². The fraction of sp³-hybridized carbons (Fsp3) is 0.571. The van der Waals surface area contributed by atoms with Gasteiger partial charge >= 0.3 is 5.97 Å². The lowest BCUT2D eigenvalue weighted by molar-refractivity contribution is 0.0690. The van der Waals surface area contributed by atoms with Crippen LogP contribution in [0.2, 0.25) is 0 Å². The normalized spacial score (nSPS) is 16.5. The molecule has 1 heterocycles. The Morgan fingerprint density at radius 3 is 2.83 bits per heavy atom. The van der Waals surface area contributed by atoms with Crippen molar-refractivity contribution >= 4 is 5.97 Å². The van der Waals surface area contributed by atoms with Crippen LogP contribution >= 0.6 is 0 Å². The molecule has 1 fully saturated rings. The molecule has 0 aliphatic heterocycles. The van der Waals surface area contributed by atoms with Crippen LogP contribution in [0.15, 0.2) is 12.3 Å². The second kappa shape index (κ2) is 5.85. The van der Waals surface area contributed by atoms with Crippen molar-refractivity contribution in [3.63, 3.8) is 0 Å². The quantitative estimate of drug-likeness (QED) is 0.891. The van der Waals surface area contributed by atoms with Gasteiger partial charge in [0.2, 0.25) is 0 Å². The number of aryl methyl sites for hydroxylation is 1. The van der Waals surface area contributed by atoms with Gasteiger partial charge in [-0.1, -0.05) is 19.3 Å². The highest BCUT2D eigenvalue weighted by molar-refractivity contribution is 5.90. The highest BCUT2D eigenvalue weighted by Crippen LogP contribution is 2.26. The molecule has 0 amide bonds. The number of hydrogen-bond acceptors (Lipinski definition) is 3. The number of hydrogen-bond donors (Lipinski definition) is 1. The molecule has 2 rings (SSSR count). The van der Waals surface area contributed by atoms with Crippen LogP contribution in [0.4, 0.5) is 0 Å². The van der Waals surface area contributed by atoms with Crippen molar-refractivity contribution in [1.82, 2.24) is 4.98 Å². The summed E-state index contributed by atoms with van der Waals surface area (Å²) in [7, 11) is 0. The van der Waals surface area contributed by atoms with E-state index in [9.17, 15) is 4.79 Å². The molecule has 1 N–H and O–H groups in total. The Balaban J connectivity index is 2.03. The van der Waals surface area contributed by atoms with Gasteiger partial charge in [0, 0.05) is 18.0 Å². The van der Waals surface area contributed by atoms with E-state index >= 15 is 0 Å². The van der Waals surface area contributed by atoms with Gasteiger partial charge < -0.3 is 9.84 Å². The molecule has 0 bridgehead atoms. The third kappa shape index (κ3) is 3.22. The lowest BCUT2D eigenvalue weighted by Crippen LogP contribution is -2.16. The zero-order valence-corrected chi connectivity index (χ0v) is 10.7. The summed E-state index contributed by atoms with van der Waals surface area (Å²) in [4.78, 5) is 15.1. The number of pyridine rings is 1. The van der Waals surface area contributed by atoms with Gasteiger partial charge in [-0.3, -0.25) is 4.98 Å². The summed E-state index contributed by atoms with van der Waals surface area (Å²) in [6.07, 6.45) is 7.57. The van der Waals surface area contributed by atoms with E-state index in [-0.39, 0.29) is 5.56 Å². The summed E-state index contributed by atoms with van der Waals surface area (Å²) in [5, 5.41) is 9.07. The molecule has 18 heavy (non-hydrogen) atoms. The zero-order valence-electron chi connectivity index (χ0n) is 10.7. The molecule has 98 valence electrons. The highest BCUT2D eigenvalue weighted by atomic mass is 16.5. The summed E-state index contributed by atoms with van der Waals surface area (Å²) in [6.45, 7) is 2.45. The maximum absolute atomic E-state index is 11.1. The Kier molecular flexibility index (Phi) is 4.18. The van der Waals surface area contributed by atoms with Gasteiger partial charge in [-0.2, -0.15) is 0 Å². The minimum atomic E-state index is -0.985. The topological polar surface area (TPSA) is 59.4 Å². The number of aromatic carboxylic acids is 1. The fourth-order valence-electron chi connectivity index (χ4n) is 2.38. The van der Waals surface area contributed by atoms with Gasteiger partial charge in [-0.15, -0.1) is 0 Å². The molecule has 1 aromatic rings. The van der Waals surface area contributed by atoms with Crippen molar-refractivity contribution in [2.75, 3.05) is 6.61 Å². The lowest BCUT2D eigenvalue weighted by atomic mass is 9.90. The molecule has 0 radical (unpaired) electrons. The average Bonchev–Trinajstić information content (AvgIpc) is 2.37. The Bertz CT molecular complexity index is 425. The van der Waals surface area contributed by atoms with E-state index in [2.05, 4.69) is 4.98 Å². The number of ether oxygens (including phenoxy) is 1. The number of carboxylic acids is 1. The lowest BCUT2D eigenvalue weighted by Gasteiger charge is -2.22. The SMILES string of the molecule is Cc1cc(OCC2CCCCC2)c(C(=O)O)cn1. The second-order valence-electron chi connectivity index (χ2n) is 4.94. The number of nitrogens with zero attached hydrogens (tertiary/aromatic N) is 1. The zero-order chi connectivity index (χ0) is 13.0. The number of rotatable bonds is 4. The first-order chi connectivity index (χ1) is 8.66. The van der Waals surface area contributed by atoms with E-state index in [1.165, 1.54) is 38.3 Å². The number of aromatic nitrogens is 1. The molecule has 4 heteroatoms. The Morgan fingerprint density at radius 1 is 1.44 bits per heavy atom. The monoisotopic (exact) mass is 249 g/mol. The number of carbonyl (C=O) groups is 1. The maximum Gasteiger partial charge on any atom is 0.341 e. The van der Waals surface area contributed by atoms with Gasteiger partial charge in [0.25, 0.3) is 0 Å².